The molecule has 0 radical (unpaired) electrons. The minimum atomic E-state index is 0.218. The Balaban J connectivity index is 2.00. The lowest BCUT2D eigenvalue weighted by Gasteiger charge is -2.36. The van der Waals surface area contributed by atoms with Crippen LogP contribution in [0.2, 0.25) is 0 Å². The summed E-state index contributed by atoms with van der Waals surface area (Å²) in [6.07, 6.45) is 5.45. The van der Waals surface area contributed by atoms with Crippen molar-refractivity contribution in [3.05, 3.63) is 34.3 Å². The molecule has 2 rings (SSSR count). The highest BCUT2D eigenvalue weighted by atomic mass is 79.9. The highest BCUT2D eigenvalue weighted by molar-refractivity contribution is 9.10. The molecule has 0 spiro atoms. The van der Waals surface area contributed by atoms with Gasteiger partial charge in [0.25, 0.3) is 0 Å². The standard InChI is InChI=1S/C17H26BrN/c1-17(2,3)19-12-15(13-8-6-9-13)11-14-7-4-5-10-16(14)18/h4-5,7,10,13,15,19H,6,8-9,11-12H2,1-3H3. The smallest absolute Gasteiger partial charge is 0.0207 e. The van der Waals surface area contributed by atoms with E-state index in [0.29, 0.717) is 0 Å². The van der Waals surface area contributed by atoms with Crippen molar-refractivity contribution in [2.45, 2.75) is 52.0 Å². The van der Waals surface area contributed by atoms with Gasteiger partial charge in [0.1, 0.15) is 0 Å². The zero-order valence-electron chi connectivity index (χ0n) is 12.4. The maximum absolute atomic E-state index is 3.70. The van der Waals surface area contributed by atoms with E-state index in [1.165, 1.54) is 35.7 Å². The molecule has 0 heterocycles. The molecule has 1 atom stereocenters. The first-order valence-corrected chi connectivity index (χ1v) is 8.23. The van der Waals surface area contributed by atoms with E-state index in [2.05, 4.69) is 66.3 Å². The van der Waals surface area contributed by atoms with Gasteiger partial charge in [0.2, 0.25) is 0 Å². The van der Waals surface area contributed by atoms with Crippen LogP contribution in [0, 0.1) is 11.8 Å². The monoisotopic (exact) mass is 323 g/mol. The second-order valence-electron chi connectivity index (χ2n) is 6.88. The van der Waals surface area contributed by atoms with E-state index in [-0.39, 0.29) is 5.54 Å². The quantitative estimate of drug-likeness (QED) is 0.821. The van der Waals surface area contributed by atoms with E-state index in [4.69, 9.17) is 0 Å². The predicted molar refractivity (Wildman–Crippen MR) is 86.4 cm³/mol. The molecule has 1 aromatic carbocycles. The van der Waals surface area contributed by atoms with Crippen molar-refractivity contribution in [2.24, 2.45) is 11.8 Å². The second-order valence-corrected chi connectivity index (χ2v) is 7.73. The lowest BCUT2D eigenvalue weighted by atomic mass is 9.73. The van der Waals surface area contributed by atoms with E-state index >= 15 is 0 Å². The summed E-state index contributed by atoms with van der Waals surface area (Å²) in [7, 11) is 0. The van der Waals surface area contributed by atoms with Crippen LogP contribution in [0.15, 0.2) is 28.7 Å². The number of hydrogen-bond acceptors (Lipinski definition) is 1. The Morgan fingerprint density at radius 3 is 2.47 bits per heavy atom. The second kappa shape index (κ2) is 6.41. The molecule has 1 N–H and O–H groups in total. The lowest BCUT2D eigenvalue weighted by molar-refractivity contribution is 0.189. The van der Waals surface area contributed by atoms with Gasteiger partial charge in [0.05, 0.1) is 0 Å². The number of rotatable bonds is 5. The van der Waals surface area contributed by atoms with Gasteiger partial charge in [-0.25, -0.2) is 0 Å². The summed E-state index contributed by atoms with van der Waals surface area (Å²) in [5.74, 6) is 1.69. The summed E-state index contributed by atoms with van der Waals surface area (Å²) >= 11 is 3.68. The highest BCUT2D eigenvalue weighted by Crippen LogP contribution is 2.36. The van der Waals surface area contributed by atoms with Crippen LogP contribution in [-0.2, 0) is 6.42 Å². The molecule has 1 unspecified atom stereocenters. The van der Waals surface area contributed by atoms with Crippen molar-refractivity contribution < 1.29 is 0 Å². The topological polar surface area (TPSA) is 12.0 Å². The summed E-state index contributed by atoms with van der Waals surface area (Å²) in [4.78, 5) is 0. The fourth-order valence-corrected chi connectivity index (χ4v) is 3.15. The molecule has 1 nitrogen and oxygen atoms in total. The molecule has 1 fully saturated rings. The van der Waals surface area contributed by atoms with Crippen LogP contribution < -0.4 is 5.32 Å². The van der Waals surface area contributed by atoms with Gasteiger partial charge in [-0.15, -0.1) is 0 Å². The molecule has 106 valence electrons. The molecule has 0 aliphatic heterocycles. The minimum Gasteiger partial charge on any atom is -0.312 e. The predicted octanol–water partition coefficient (Wildman–Crippen LogP) is 4.80. The maximum Gasteiger partial charge on any atom is 0.0207 e. The minimum absolute atomic E-state index is 0.218. The fraction of sp³-hybridized carbons (Fsp3) is 0.647. The Labute approximate surface area is 126 Å². The van der Waals surface area contributed by atoms with Crippen molar-refractivity contribution >= 4 is 15.9 Å². The fourth-order valence-electron chi connectivity index (χ4n) is 2.70. The van der Waals surface area contributed by atoms with Crippen LogP contribution in [0.5, 0.6) is 0 Å². The van der Waals surface area contributed by atoms with Gasteiger partial charge in [0.15, 0.2) is 0 Å². The number of hydrogen-bond donors (Lipinski definition) is 1. The average Bonchev–Trinajstić information content (AvgIpc) is 2.25. The van der Waals surface area contributed by atoms with Crippen molar-refractivity contribution in [3.8, 4) is 0 Å². The third-order valence-corrected chi connectivity index (χ3v) is 4.92. The van der Waals surface area contributed by atoms with Crippen LogP contribution in [0.4, 0.5) is 0 Å². The molecular formula is C17H26BrN. The van der Waals surface area contributed by atoms with Gasteiger partial charge in [-0.3, -0.25) is 0 Å². The van der Waals surface area contributed by atoms with Crippen molar-refractivity contribution in [2.75, 3.05) is 6.54 Å². The third kappa shape index (κ3) is 4.61. The van der Waals surface area contributed by atoms with E-state index < -0.39 is 0 Å². The molecule has 1 aromatic rings. The van der Waals surface area contributed by atoms with Crippen LogP contribution >= 0.6 is 15.9 Å². The Bertz CT molecular complexity index is 404. The Morgan fingerprint density at radius 2 is 1.95 bits per heavy atom. The van der Waals surface area contributed by atoms with Crippen LogP contribution in [0.25, 0.3) is 0 Å². The van der Waals surface area contributed by atoms with E-state index in [1.807, 2.05) is 0 Å². The zero-order valence-corrected chi connectivity index (χ0v) is 14.0. The van der Waals surface area contributed by atoms with E-state index in [0.717, 1.165) is 18.4 Å². The molecule has 1 saturated carbocycles. The summed E-state index contributed by atoms with van der Waals surface area (Å²) in [5, 5.41) is 3.70. The Hall–Kier alpha value is -0.340. The molecule has 2 heteroatoms. The number of halogens is 1. The molecule has 0 amide bonds. The molecule has 19 heavy (non-hydrogen) atoms. The van der Waals surface area contributed by atoms with Crippen LogP contribution in [-0.4, -0.2) is 12.1 Å². The van der Waals surface area contributed by atoms with Gasteiger partial charge in [0, 0.05) is 10.0 Å². The number of nitrogens with one attached hydrogen (secondary N) is 1. The summed E-state index contributed by atoms with van der Waals surface area (Å²) in [5.41, 5.74) is 1.67. The normalized spacial score (nSPS) is 18.1. The van der Waals surface area contributed by atoms with Crippen molar-refractivity contribution in [3.63, 3.8) is 0 Å². The van der Waals surface area contributed by atoms with E-state index in [9.17, 15) is 0 Å². The first-order chi connectivity index (χ1) is 8.96. The first kappa shape index (κ1) is 15.1. The van der Waals surface area contributed by atoms with Crippen LogP contribution in [0.1, 0.15) is 45.6 Å². The summed E-state index contributed by atoms with van der Waals surface area (Å²) in [6.45, 7) is 7.89. The lowest BCUT2D eigenvalue weighted by Crippen LogP contribution is -2.42. The average molecular weight is 324 g/mol. The Kier molecular flexibility index (Phi) is 5.08. The first-order valence-electron chi connectivity index (χ1n) is 7.44. The molecule has 0 bridgehead atoms. The highest BCUT2D eigenvalue weighted by Gasteiger charge is 2.28. The third-order valence-electron chi connectivity index (χ3n) is 4.15. The maximum atomic E-state index is 3.70. The van der Waals surface area contributed by atoms with Gasteiger partial charge in [-0.05, 0) is 57.2 Å². The van der Waals surface area contributed by atoms with Crippen molar-refractivity contribution in [1.29, 1.82) is 0 Å². The molecule has 0 aromatic heterocycles. The number of benzene rings is 1. The van der Waals surface area contributed by atoms with Crippen LogP contribution in [0.3, 0.4) is 0 Å². The molecular weight excluding hydrogens is 298 g/mol. The molecule has 0 saturated heterocycles. The van der Waals surface area contributed by atoms with Crippen molar-refractivity contribution in [1.82, 2.24) is 5.32 Å². The largest absolute Gasteiger partial charge is 0.312 e. The van der Waals surface area contributed by atoms with Gasteiger partial charge in [-0.2, -0.15) is 0 Å². The Morgan fingerprint density at radius 1 is 1.26 bits per heavy atom. The van der Waals surface area contributed by atoms with Gasteiger partial charge in [-0.1, -0.05) is 53.4 Å². The van der Waals surface area contributed by atoms with E-state index in [1.54, 1.807) is 0 Å². The molecule has 1 aliphatic carbocycles. The van der Waals surface area contributed by atoms with Gasteiger partial charge >= 0.3 is 0 Å². The SMILES string of the molecule is CC(C)(C)NCC(Cc1ccccc1Br)C1CCC1. The summed E-state index contributed by atoms with van der Waals surface area (Å²) in [6, 6.07) is 8.66. The van der Waals surface area contributed by atoms with Gasteiger partial charge < -0.3 is 5.32 Å². The summed E-state index contributed by atoms with van der Waals surface area (Å²) < 4.78 is 1.26. The zero-order chi connectivity index (χ0) is 13.9. The molecule has 1 aliphatic rings.